The predicted molar refractivity (Wildman–Crippen MR) is 83.3 cm³/mol. The summed E-state index contributed by atoms with van der Waals surface area (Å²) in [5, 5.41) is 3.07. The Balaban J connectivity index is 2.65. The van der Waals surface area contributed by atoms with Crippen molar-refractivity contribution >= 4 is 5.91 Å². The Morgan fingerprint density at radius 2 is 1.85 bits per heavy atom. The van der Waals surface area contributed by atoms with Crippen LogP contribution in [0, 0.1) is 5.92 Å². The third kappa shape index (κ3) is 5.72. The first-order valence-electron chi connectivity index (χ1n) is 7.15. The van der Waals surface area contributed by atoms with Gasteiger partial charge in [-0.25, -0.2) is 0 Å². The first-order chi connectivity index (χ1) is 9.40. The number of rotatable bonds is 7. The molecule has 0 radical (unpaired) electrons. The maximum Gasteiger partial charge on any atom is 0.241 e. The van der Waals surface area contributed by atoms with Crippen molar-refractivity contribution in [2.75, 3.05) is 20.6 Å². The van der Waals surface area contributed by atoms with E-state index in [0.717, 1.165) is 18.5 Å². The summed E-state index contributed by atoms with van der Waals surface area (Å²) >= 11 is 0. The summed E-state index contributed by atoms with van der Waals surface area (Å²) in [6.45, 7) is 5.14. The normalized spacial score (nSPS) is 14.3. The topological polar surface area (TPSA) is 58.4 Å². The van der Waals surface area contributed by atoms with E-state index in [-0.39, 0.29) is 11.9 Å². The first kappa shape index (κ1) is 16.7. The van der Waals surface area contributed by atoms with Gasteiger partial charge in [0.1, 0.15) is 6.04 Å². The summed E-state index contributed by atoms with van der Waals surface area (Å²) in [7, 11) is 4.02. The Hall–Kier alpha value is -1.39. The Bertz CT molecular complexity index is 393. The number of carbonyl (C=O) groups is 1. The number of benzene rings is 1. The van der Waals surface area contributed by atoms with Gasteiger partial charge in [-0.3, -0.25) is 4.79 Å². The average molecular weight is 277 g/mol. The molecule has 1 unspecified atom stereocenters. The van der Waals surface area contributed by atoms with Gasteiger partial charge in [0.2, 0.25) is 5.91 Å². The largest absolute Gasteiger partial charge is 0.350 e. The maximum absolute atomic E-state index is 12.3. The molecular weight excluding hydrogens is 250 g/mol. The second kappa shape index (κ2) is 8.02. The molecule has 1 aromatic rings. The number of nitrogens with zero attached hydrogens (tertiary/aromatic N) is 1. The van der Waals surface area contributed by atoms with Crippen LogP contribution in [-0.2, 0) is 4.79 Å². The van der Waals surface area contributed by atoms with Gasteiger partial charge in [0.05, 0.1) is 0 Å². The van der Waals surface area contributed by atoms with Crippen LogP contribution in [0.3, 0.4) is 0 Å². The molecule has 1 aromatic carbocycles. The van der Waals surface area contributed by atoms with Crippen LogP contribution in [-0.4, -0.2) is 37.5 Å². The molecule has 0 aliphatic heterocycles. The molecule has 0 aliphatic rings. The highest BCUT2D eigenvalue weighted by molar-refractivity contribution is 5.83. The highest BCUT2D eigenvalue weighted by Crippen LogP contribution is 2.11. The zero-order valence-electron chi connectivity index (χ0n) is 13.0. The summed E-state index contributed by atoms with van der Waals surface area (Å²) in [6, 6.07) is 9.01. The molecule has 1 amide bonds. The number of nitrogens with one attached hydrogen (secondary N) is 1. The molecule has 1 rings (SSSR count). The van der Waals surface area contributed by atoms with E-state index in [1.54, 1.807) is 0 Å². The highest BCUT2D eigenvalue weighted by Gasteiger charge is 2.20. The van der Waals surface area contributed by atoms with Crippen molar-refractivity contribution < 1.29 is 4.79 Å². The molecule has 20 heavy (non-hydrogen) atoms. The van der Waals surface area contributed by atoms with E-state index in [4.69, 9.17) is 5.73 Å². The summed E-state index contributed by atoms with van der Waals surface area (Å²) in [5.41, 5.74) is 6.87. The van der Waals surface area contributed by atoms with Gasteiger partial charge in [0.15, 0.2) is 0 Å². The van der Waals surface area contributed by atoms with Gasteiger partial charge in [-0.2, -0.15) is 0 Å². The van der Waals surface area contributed by atoms with E-state index in [1.807, 2.05) is 44.4 Å². The summed E-state index contributed by atoms with van der Waals surface area (Å²) in [5.74, 6) is 0.428. The molecule has 3 N–H and O–H groups in total. The molecule has 0 saturated carbocycles. The molecular formula is C16H27N3O. The van der Waals surface area contributed by atoms with Crippen molar-refractivity contribution in [1.82, 2.24) is 10.2 Å². The number of carbonyl (C=O) groups excluding carboxylic acids is 1. The second-order valence-corrected chi connectivity index (χ2v) is 5.99. The van der Waals surface area contributed by atoms with Crippen LogP contribution < -0.4 is 11.1 Å². The van der Waals surface area contributed by atoms with Gasteiger partial charge in [-0.05, 0) is 32.0 Å². The molecule has 0 aliphatic carbocycles. The SMILES string of the molecule is CC(C)CC(CN(C)C)NC(=O)[C@H](N)c1ccccc1. The van der Waals surface area contributed by atoms with Crippen molar-refractivity contribution in [2.24, 2.45) is 11.7 Å². The molecule has 0 heterocycles. The lowest BCUT2D eigenvalue weighted by molar-refractivity contribution is -0.123. The Labute approximate surface area is 122 Å². The molecule has 112 valence electrons. The minimum absolute atomic E-state index is 0.108. The molecule has 0 fully saturated rings. The van der Waals surface area contributed by atoms with Gasteiger partial charge in [-0.15, -0.1) is 0 Å². The van der Waals surface area contributed by atoms with Crippen LogP contribution >= 0.6 is 0 Å². The standard InChI is InChI=1S/C16H27N3O/c1-12(2)10-14(11-19(3)4)18-16(20)15(17)13-8-6-5-7-9-13/h5-9,12,14-15H,10-11,17H2,1-4H3,(H,18,20)/t14?,15-/m1/s1. The summed E-state index contributed by atoms with van der Waals surface area (Å²) < 4.78 is 0. The number of likely N-dealkylation sites (N-methyl/N-ethyl adjacent to an activating group) is 1. The lowest BCUT2D eigenvalue weighted by Gasteiger charge is -2.25. The highest BCUT2D eigenvalue weighted by atomic mass is 16.2. The predicted octanol–water partition coefficient (Wildman–Crippen LogP) is 1.78. The minimum Gasteiger partial charge on any atom is -0.350 e. The van der Waals surface area contributed by atoms with E-state index >= 15 is 0 Å². The van der Waals surface area contributed by atoms with Crippen LogP contribution in [0.5, 0.6) is 0 Å². The fourth-order valence-electron chi connectivity index (χ4n) is 2.29. The number of hydrogen-bond donors (Lipinski definition) is 2. The lowest BCUT2D eigenvalue weighted by atomic mass is 10.0. The van der Waals surface area contributed by atoms with Crippen molar-refractivity contribution in [3.8, 4) is 0 Å². The lowest BCUT2D eigenvalue weighted by Crippen LogP contribution is -2.46. The van der Waals surface area contributed by atoms with Crippen LogP contribution in [0.4, 0.5) is 0 Å². The monoisotopic (exact) mass is 277 g/mol. The Kier molecular flexibility index (Phi) is 6.68. The van der Waals surface area contributed by atoms with Crippen LogP contribution in [0.15, 0.2) is 30.3 Å². The third-order valence-corrected chi connectivity index (χ3v) is 3.13. The molecule has 4 nitrogen and oxygen atoms in total. The van der Waals surface area contributed by atoms with Crippen molar-refractivity contribution in [2.45, 2.75) is 32.4 Å². The van der Waals surface area contributed by atoms with Gasteiger partial charge < -0.3 is 16.0 Å². The second-order valence-electron chi connectivity index (χ2n) is 5.99. The molecule has 0 spiro atoms. The van der Waals surface area contributed by atoms with Crippen molar-refractivity contribution in [3.05, 3.63) is 35.9 Å². The van der Waals surface area contributed by atoms with E-state index < -0.39 is 6.04 Å². The van der Waals surface area contributed by atoms with Gasteiger partial charge in [-0.1, -0.05) is 44.2 Å². The smallest absolute Gasteiger partial charge is 0.241 e. The van der Waals surface area contributed by atoms with E-state index in [2.05, 4.69) is 24.1 Å². The van der Waals surface area contributed by atoms with Crippen LogP contribution in [0.1, 0.15) is 31.9 Å². The fourth-order valence-corrected chi connectivity index (χ4v) is 2.29. The van der Waals surface area contributed by atoms with E-state index in [9.17, 15) is 4.79 Å². The molecule has 0 saturated heterocycles. The first-order valence-corrected chi connectivity index (χ1v) is 7.15. The quantitative estimate of drug-likeness (QED) is 0.798. The Morgan fingerprint density at radius 1 is 1.25 bits per heavy atom. The van der Waals surface area contributed by atoms with Crippen molar-refractivity contribution in [1.29, 1.82) is 0 Å². The van der Waals surface area contributed by atoms with Crippen molar-refractivity contribution in [3.63, 3.8) is 0 Å². The molecule has 2 atom stereocenters. The third-order valence-electron chi connectivity index (χ3n) is 3.13. The minimum atomic E-state index is -0.604. The van der Waals surface area contributed by atoms with Crippen LogP contribution in [0.2, 0.25) is 0 Å². The average Bonchev–Trinajstić information content (AvgIpc) is 2.37. The van der Waals surface area contributed by atoms with E-state index in [0.29, 0.717) is 5.92 Å². The number of nitrogens with two attached hydrogens (primary N) is 1. The van der Waals surface area contributed by atoms with E-state index in [1.165, 1.54) is 0 Å². The molecule has 4 heteroatoms. The number of amides is 1. The zero-order chi connectivity index (χ0) is 15.1. The Morgan fingerprint density at radius 3 is 2.35 bits per heavy atom. The molecule has 0 aromatic heterocycles. The van der Waals surface area contributed by atoms with Gasteiger partial charge >= 0.3 is 0 Å². The van der Waals surface area contributed by atoms with Gasteiger partial charge in [0, 0.05) is 12.6 Å². The number of hydrogen-bond acceptors (Lipinski definition) is 3. The van der Waals surface area contributed by atoms with Crippen LogP contribution in [0.25, 0.3) is 0 Å². The maximum atomic E-state index is 12.3. The molecule has 0 bridgehead atoms. The summed E-state index contributed by atoms with van der Waals surface area (Å²) in [6.07, 6.45) is 0.950. The zero-order valence-corrected chi connectivity index (χ0v) is 13.0. The fraction of sp³-hybridized carbons (Fsp3) is 0.562. The van der Waals surface area contributed by atoms with Gasteiger partial charge in [0.25, 0.3) is 0 Å². The summed E-state index contributed by atoms with van der Waals surface area (Å²) in [4.78, 5) is 14.3.